The van der Waals surface area contributed by atoms with Gasteiger partial charge in [0.2, 0.25) is 0 Å². The number of fused-ring (bicyclic) bond motifs is 6. The molecule has 7 nitrogen and oxygen atoms in total. The van der Waals surface area contributed by atoms with Crippen LogP contribution in [0.4, 0.5) is 0 Å². The van der Waals surface area contributed by atoms with E-state index in [1.165, 1.54) is 6.42 Å². The standard InChI is InChI=1S/C28H52O7Si2/c1-15(2)36(16(3)4)33-23-21(30)20(29)22-24(25(23)34-37(35-36,17(5)6)18(7)8)32-28(31-22)14-19-12-13-27(28,11)26(19,9)10/h15-25,29-30H,12-14H2,1-11H3/t19?,20-,21+,22+,23?,24?,25?,27?,28+/m0/s1. The first-order chi connectivity index (χ1) is 17.0. The van der Waals surface area contributed by atoms with Crippen molar-refractivity contribution in [2.24, 2.45) is 16.7 Å². The summed E-state index contributed by atoms with van der Waals surface area (Å²) in [7, 11) is -5.77. The van der Waals surface area contributed by atoms with Gasteiger partial charge in [-0.15, -0.1) is 0 Å². The summed E-state index contributed by atoms with van der Waals surface area (Å²) in [6.45, 7) is 24.4. The highest BCUT2D eigenvalue weighted by Gasteiger charge is 2.77. The first-order valence-electron chi connectivity index (χ1n) is 14.8. The van der Waals surface area contributed by atoms with Gasteiger partial charge in [0.15, 0.2) is 5.79 Å². The molecule has 5 unspecified atom stereocenters. The van der Waals surface area contributed by atoms with E-state index in [1.807, 2.05) is 0 Å². The van der Waals surface area contributed by atoms with Gasteiger partial charge in [-0.05, 0) is 46.3 Å². The summed E-state index contributed by atoms with van der Waals surface area (Å²) in [5, 5.41) is 23.1. The number of aliphatic hydroxyl groups excluding tert-OH is 2. The summed E-state index contributed by atoms with van der Waals surface area (Å²) in [5.74, 6) is -0.280. The Kier molecular flexibility index (Phi) is 6.84. The molecule has 5 fully saturated rings. The molecule has 0 radical (unpaired) electrons. The molecule has 5 aliphatic rings. The van der Waals surface area contributed by atoms with Crippen LogP contribution < -0.4 is 0 Å². The number of aliphatic hydroxyl groups is 2. The Morgan fingerprint density at radius 2 is 1.14 bits per heavy atom. The molecule has 2 bridgehead atoms. The highest BCUT2D eigenvalue weighted by Crippen LogP contribution is 2.73. The number of rotatable bonds is 4. The summed E-state index contributed by atoms with van der Waals surface area (Å²) in [6.07, 6.45) is -1.70. The molecule has 0 aromatic heterocycles. The zero-order valence-electron chi connectivity index (χ0n) is 24.9. The molecular weight excluding hydrogens is 504 g/mol. The molecule has 0 aromatic carbocycles. The van der Waals surface area contributed by atoms with E-state index in [2.05, 4.69) is 76.2 Å². The van der Waals surface area contributed by atoms with E-state index < -0.39 is 59.5 Å². The van der Waals surface area contributed by atoms with Gasteiger partial charge >= 0.3 is 17.1 Å². The van der Waals surface area contributed by atoms with Crippen molar-refractivity contribution in [1.82, 2.24) is 0 Å². The average molecular weight is 557 g/mol. The minimum atomic E-state index is -2.89. The topological polar surface area (TPSA) is 86.6 Å². The molecule has 37 heavy (non-hydrogen) atoms. The van der Waals surface area contributed by atoms with E-state index in [0.717, 1.165) is 12.8 Å². The molecule has 9 atom stereocenters. The highest BCUT2D eigenvalue weighted by molar-refractivity contribution is 6.84. The second-order valence-electron chi connectivity index (χ2n) is 14.7. The molecule has 2 saturated heterocycles. The third kappa shape index (κ3) is 3.54. The van der Waals surface area contributed by atoms with Gasteiger partial charge in [-0.3, -0.25) is 0 Å². The van der Waals surface area contributed by atoms with E-state index >= 15 is 0 Å². The Balaban J connectivity index is 1.62. The van der Waals surface area contributed by atoms with E-state index in [4.69, 9.17) is 22.4 Å². The summed E-state index contributed by atoms with van der Waals surface area (Å²) < 4.78 is 35.5. The Hall–Kier alpha value is 0.154. The van der Waals surface area contributed by atoms with Crippen LogP contribution in [0.5, 0.6) is 0 Å². The van der Waals surface area contributed by atoms with Crippen LogP contribution in [0.1, 0.15) is 95.4 Å². The molecule has 2 heterocycles. The molecule has 3 saturated carbocycles. The van der Waals surface area contributed by atoms with Crippen LogP contribution in [0.2, 0.25) is 22.2 Å². The lowest BCUT2D eigenvalue weighted by molar-refractivity contribution is -0.256. The van der Waals surface area contributed by atoms with Crippen LogP contribution in [0.25, 0.3) is 0 Å². The van der Waals surface area contributed by atoms with Gasteiger partial charge in [-0.1, -0.05) is 76.2 Å². The van der Waals surface area contributed by atoms with Crippen LogP contribution in [-0.2, 0) is 22.4 Å². The molecule has 9 heteroatoms. The van der Waals surface area contributed by atoms with E-state index in [9.17, 15) is 10.2 Å². The van der Waals surface area contributed by atoms with Crippen molar-refractivity contribution in [3.8, 4) is 0 Å². The average Bonchev–Trinajstić information content (AvgIpc) is 3.27. The van der Waals surface area contributed by atoms with Gasteiger partial charge in [0.25, 0.3) is 0 Å². The zero-order valence-corrected chi connectivity index (χ0v) is 26.9. The molecule has 3 aliphatic carbocycles. The second-order valence-corrected chi connectivity index (χ2v) is 23.5. The third-order valence-electron chi connectivity index (χ3n) is 11.6. The van der Waals surface area contributed by atoms with E-state index in [1.54, 1.807) is 0 Å². The third-order valence-corrected chi connectivity index (χ3v) is 21.9. The number of ether oxygens (including phenoxy) is 2. The normalized spacial score (nSPS) is 47.8. The van der Waals surface area contributed by atoms with E-state index in [-0.39, 0.29) is 33.0 Å². The molecule has 0 amide bonds. The zero-order chi connectivity index (χ0) is 27.5. The van der Waals surface area contributed by atoms with Gasteiger partial charge in [-0.2, -0.15) is 0 Å². The summed E-state index contributed by atoms with van der Waals surface area (Å²) >= 11 is 0. The van der Waals surface area contributed by atoms with Gasteiger partial charge in [-0.25, -0.2) is 0 Å². The van der Waals surface area contributed by atoms with Crippen LogP contribution in [0, 0.1) is 16.7 Å². The molecule has 1 spiro atoms. The van der Waals surface area contributed by atoms with Crippen LogP contribution in [-0.4, -0.2) is 69.7 Å². The maximum atomic E-state index is 11.6. The fourth-order valence-electron chi connectivity index (χ4n) is 8.77. The quantitative estimate of drug-likeness (QED) is 0.450. The fraction of sp³-hybridized carbons (Fsp3) is 1.00. The van der Waals surface area contributed by atoms with Crippen molar-refractivity contribution in [1.29, 1.82) is 0 Å². The summed E-state index contributed by atoms with van der Waals surface area (Å²) in [6, 6.07) is 0. The molecule has 0 aromatic rings. The summed E-state index contributed by atoms with van der Waals surface area (Å²) in [4.78, 5) is 0. The second kappa shape index (κ2) is 8.82. The molecular formula is C28H52O7Si2. The van der Waals surface area contributed by atoms with Crippen LogP contribution >= 0.6 is 0 Å². The van der Waals surface area contributed by atoms with Gasteiger partial charge in [0.05, 0.1) is 0 Å². The lowest BCUT2D eigenvalue weighted by Gasteiger charge is -2.46. The molecule has 5 rings (SSSR count). The number of hydrogen-bond acceptors (Lipinski definition) is 7. The maximum absolute atomic E-state index is 11.6. The number of hydrogen-bond donors (Lipinski definition) is 2. The Morgan fingerprint density at radius 3 is 1.57 bits per heavy atom. The SMILES string of the molecule is CC(C)[Si]1(C(C)C)OC2C(O[Si](C(C)C)(C(C)C)O1)[C@H](O)[C@H](O)[C@H]1O[C@]3(CC4CCC3(C)C4(C)C)OC21. The predicted octanol–water partition coefficient (Wildman–Crippen LogP) is 5.37. The minimum absolute atomic E-state index is 0.0686. The van der Waals surface area contributed by atoms with Gasteiger partial charge < -0.3 is 32.7 Å². The first-order valence-corrected chi connectivity index (χ1v) is 18.7. The first kappa shape index (κ1) is 28.7. The lowest BCUT2D eigenvalue weighted by Crippen LogP contribution is -2.66. The smallest absolute Gasteiger partial charge is 0.335 e. The lowest BCUT2D eigenvalue weighted by atomic mass is 9.68. The van der Waals surface area contributed by atoms with Crippen molar-refractivity contribution < 1.29 is 32.7 Å². The monoisotopic (exact) mass is 556 g/mol. The van der Waals surface area contributed by atoms with E-state index in [0.29, 0.717) is 5.92 Å². The minimum Gasteiger partial charge on any atom is -0.414 e. The highest BCUT2D eigenvalue weighted by atomic mass is 28.5. The summed E-state index contributed by atoms with van der Waals surface area (Å²) in [5.41, 5.74) is 0.550. The van der Waals surface area contributed by atoms with Gasteiger partial charge in [0, 0.05) is 11.8 Å². The van der Waals surface area contributed by atoms with Crippen molar-refractivity contribution >= 4 is 17.1 Å². The van der Waals surface area contributed by atoms with Crippen molar-refractivity contribution in [3.63, 3.8) is 0 Å². The van der Waals surface area contributed by atoms with Crippen molar-refractivity contribution in [2.75, 3.05) is 0 Å². The van der Waals surface area contributed by atoms with Crippen LogP contribution in [0.15, 0.2) is 0 Å². The van der Waals surface area contributed by atoms with Gasteiger partial charge in [0.1, 0.15) is 36.6 Å². The Morgan fingerprint density at radius 1 is 0.676 bits per heavy atom. The maximum Gasteiger partial charge on any atom is 0.335 e. The molecule has 2 aliphatic heterocycles. The van der Waals surface area contributed by atoms with Crippen molar-refractivity contribution in [2.45, 2.75) is 160 Å². The Bertz CT molecular complexity index is 878. The fourth-order valence-corrected chi connectivity index (χ4v) is 20.1. The predicted molar refractivity (Wildman–Crippen MR) is 146 cm³/mol. The Labute approximate surface area is 226 Å². The largest absolute Gasteiger partial charge is 0.414 e. The van der Waals surface area contributed by atoms with Crippen LogP contribution in [0.3, 0.4) is 0 Å². The van der Waals surface area contributed by atoms with Crippen molar-refractivity contribution in [3.05, 3.63) is 0 Å². The molecule has 2 N–H and O–H groups in total. The molecule has 214 valence electrons.